The van der Waals surface area contributed by atoms with Crippen LogP contribution in [0.2, 0.25) is 0 Å². The van der Waals surface area contributed by atoms with Gasteiger partial charge in [0.2, 0.25) is 5.91 Å². The lowest BCUT2D eigenvalue weighted by molar-refractivity contribution is -0.148. The van der Waals surface area contributed by atoms with E-state index in [1.54, 1.807) is 4.90 Å². The summed E-state index contributed by atoms with van der Waals surface area (Å²) in [4.78, 5) is 25.9. The molecule has 24 heavy (non-hydrogen) atoms. The maximum absolute atomic E-state index is 12.5. The Morgan fingerprint density at radius 3 is 2.67 bits per heavy atom. The third kappa shape index (κ3) is 5.62. The number of carbonyl (C=O) groups excluding carboxylic acids is 1. The molecule has 0 aromatic rings. The number of aliphatic carboxylic acids is 1. The van der Waals surface area contributed by atoms with Crippen molar-refractivity contribution in [3.05, 3.63) is 12.7 Å². The van der Waals surface area contributed by atoms with Crippen molar-refractivity contribution in [1.82, 2.24) is 4.90 Å². The molecule has 5 nitrogen and oxygen atoms in total. The van der Waals surface area contributed by atoms with E-state index in [1.807, 2.05) is 6.08 Å². The van der Waals surface area contributed by atoms with E-state index in [1.165, 1.54) is 6.42 Å². The van der Waals surface area contributed by atoms with E-state index < -0.39 is 11.9 Å². The van der Waals surface area contributed by atoms with Gasteiger partial charge in [-0.2, -0.15) is 0 Å². The Balaban J connectivity index is 1.78. The second-order valence-corrected chi connectivity index (χ2v) is 7.10. The molecule has 0 aromatic carbocycles. The first-order valence-electron chi connectivity index (χ1n) is 9.35. The van der Waals surface area contributed by atoms with Gasteiger partial charge >= 0.3 is 5.97 Å². The summed E-state index contributed by atoms with van der Waals surface area (Å²) in [6.07, 6.45) is 10.1. The molecule has 2 rings (SSSR count). The highest BCUT2D eigenvalue weighted by atomic mass is 16.5. The summed E-state index contributed by atoms with van der Waals surface area (Å²) in [5.74, 6) is -1.20. The third-order valence-electron chi connectivity index (χ3n) is 5.33. The zero-order valence-electron chi connectivity index (χ0n) is 14.6. The fourth-order valence-corrected chi connectivity index (χ4v) is 3.88. The molecule has 1 N–H and O–H groups in total. The van der Waals surface area contributed by atoms with Gasteiger partial charge in [-0.1, -0.05) is 25.3 Å². The molecule has 2 aliphatic rings. The number of amides is 1. The topological polar surface area (TPSA) is 66.8 Å². The van der Waals surface area contributed by atoms with E-state index in [-0.39, 0.29) is 24.3 Å². The molecular weight excluding hydrogens is 306 g/mol. The van der Waals surface area contributed by atoms with Crippen molar-refractivity contribution in [1.29, 1.82) is 0 Å². The Kier molecular flexibility index (Phi) is 7.76. The Morgan fingerprint density at radius 1 is 1.25 bits per heavy atom. The molecule has 1 heterocycles. The molecule has 0 unspecified atom stereocenters. The zero-order valence-corrected chi connectivity index (χ0v) is 14.6. The number of rotatable bonds is 9. The van der Waals surface area contributed by atoms with Crippen LogP contribution in [0, 0.1) is 11.8 Å². The predicted molar refractivity (Wildman–Crippen MR) is 92.7 cm³/mol. The first kappa shape index (κ1) is 19.0. The van der Waals surface area contributed by atoms with E-state index in [2.05, 4.69) is 6.58 Å². The number of unbranched alkanes of at least 4 members (excludes halogenated alkanes) is 1. The first-order chi connectivity index (χ1) is 11.6. The van der Waals surface area contributed by atoms with Crippen molar-refractivity contribution < 1.29 is 19.4 Å². The molecule has 1 saturated carbocycles. The lowest BCUT2D eigenvalue weighted by Gasteiger charge is -2.28. The smallest absolute Gasteiger partial charge is 0.307 e. The molecule has 2 fully saturated rings. The lowest BCUT2D eigenvalue weighted by Crippen LogP contribution is -2.35. The standard InChI is InChI=1S/C19H31NO4/c1-2-3-7-12-24-16-10-11-20(14-16)18(21)13-17(19(22)23)15-8-5-4-6-9-15/h2,15-17H,1,3-14H2,(H,22,23)/t16-,17-/m0/s1. The minimum absolute atomic E-state index is 0.0230. The first-order valence-corrected chi connectivity index (χ1v) is 9.35. The molecule has 1 saturated heterocycles. The van der Waals surface area contributed by atoms with Crippen LogP contribution in [0.4, 0.5) is 0 Å². The third-order valence-corrected chi connectivity index (χ3v) is 5.33. The van der Waals surface area contributed by atoms with Crippen LogP contribution in [0.1, 0.15) is 57.8 Å². The zero-order chi connectivity index (χ0) is 17.4. The molecule has 0 radical (unpaired) electrons. The van der Waals surface area contributed by atoms with Crippen molar-refractivity contribution in [2.24, 2.45) is 11.8 Å². The largest absolute Gasteiger partial charge is 0.481 e. The number of allylic oxidation sites excluding steroid dienone is 1. The SMILES string of the molecule is C=CCCCO[C@H]1CCN(C(=O)C[C@H](C(=O)O)C2CCCCC2)C1. The summed E-state index contributed by atoms with van der Waals surface area (Å²) >= 11 is 0. The van der Waals surface area contributed by atoms with Gasteiger partial charge in [-0.05, 0) is 38.0 Å². The molecule has 1 aliphatic carbocycles. The average molecular weight is 337 g/mol. The summed E-state index contributed by atoms with van der Waals surface area (Å²) in [6, 6.07) is 0. The number of carboxylic acid groups (broad SMARTS) is 1. The lowest BCUT2D eigenvalue weighted by atomic mass is 9.78. The van der Waals surface area contributed by atoms with Gasteiger partial charge in [-0.25, -0.2) is 0 Å². The van der Waals surface area contributed by atoms with Crippen molar-refractivity contribution in [2.75, 3.05) is 19.7 Å². The highest BCUT2D eigenvalue weighted by Crippen LogP contribution is 2.32. The molecule has 5 heteroatoms. The van der Waals surface area contributed by atoms with Crippen molar-refractivity contribution in [3.8, 4) is 0 Å². The fourth-order valence-electron chi connectivity index (χ4n) is 3.88. The molecule has 0 bridgehead atoms. The van der Waals surface area contributed by atoms with E-state index in [0.717, 1.165) is 44.9 Å². The number of hydrogen-bond donors (Lipinski definition) is 1. The van der Waals surface area contributed by atoms with Crippen LogP contribution in [0.25, 0.3) is 0 Å². The second kappa shape index (κ2) is 9.82. The van der Waals surface area contributed by atoms with E-state index in [0.29, 0.717) is 19.7 Å². The van der Waals surface area contributed by atoms with Crippen LogP contribution in [0.3, 0.4) is 0 Å². The van der Waals surface area contributed by atoms with Gasteiger partial charge in [0, 0.05) is 26.1 Å². The molecule has 136 valence electrons. The van der Waals surface area contributed by atoms with Crippen LogP contribution in [0.15, 0.2) is 12.7 Å². The summed E-state index contributed by atoms with van der Waals surface area (Å²) in [6.45, 7) is 5.67. The molecule has 1 aliphatic heterocycles. The number of carbonyl (C=O) groups is 2. The average Bonchev–Trinajstić information content (AvgIpc) is 3.06. The minimum Gasteiger partial charge on any atom is -0.481 e. The summed E-state index contributed by atoms with van der Waals surface area (Å²) < 4.78 is 5.80. The van der Waals surface area contributed by atoms with Crippen LogP contribution in [-0.2, 0) is 14.3 Å². The number of carboxylic acids is 1. The van der Waals surface area contributed by atoms with Crippen LogP contribution in [0.5, 0.6) is 0 Å². The Morgan fingerprint density at radius 2 is 2.00 bits per heavy atom. The summed E-state index contributed by atoms with van der Waals surface area (Å²) in [5, 5.41) is 9.53. The van der Waals surface area contributed by atoms with Gasteiger partial charge in [0.1, 0.15) is 0 Å². The van der Waals surface area contributed by atoms with Crippen molar-refractivity contribution >= 4 is 11.9 Å². The molecule has 0 aromatic heterocycles. The van der Waals surface area contributed by atoms with Gasteiger partial charge < -0.3 is 14.7 Å². The van der Waals surface area contributed by atoms with Gasteiger partial charge in [0.05, 0.1) is 12.0 Å². The van der Waals surface area contributed by atoms with E-state index >= 15 is 0 Å². The number of ether oxygens (including phenoxy) is 1. The maximum atomic E-state index is 12.5. The highest BCUT2D eigenvalue weighted by molar-refractivity contribution is 5.82. The van der Waals surface area contributed by atoms with Gasteiger partial charge in [0.15, 0.2) is 0 Å². The second-order valence-electron chi connectivity index (χ2n) is 7.10. The molecule has 2 atom stereocenters. The van der Waals surface area contributed by atoms with E-state index in [9.17, 15) is 14.7 Å². The normalized spacial score (nSPS) is 23.2. The Bertz CT molecular complexity index is 431. The molecule has 0 spiro atoms. The van der Waals surface area contributed by atoms with Crippen molar-refractivity contribution in [2.45, 2.75) is 63.9 Å². The maximum Gasteiger partial charge on any atom is 0.307 e. The van der Waals surface area contributed by atoms with Crippen LogP contribution in [-0.4, -0.2) is 47.7 Å². The quantitative estimate of drug-likeness (QED) is 0.518. The van der Waals surface area contributed by atoms with E-state index in [4.69, 9.17) is 4.74 Å². The highest BCUT2D eigenvalue weighted by Gasteiger charge is 2.34. The monoisotopic (exact) mass is 337 g/mol. The number of likely N-dealkylation sites (tertiary alicyclic amines) is 1. The summed E-state index contributed by atoms with van der Waals surface area (Å²) in [7, 11) is 0. The molecular formula is C19H31NO4. The molecule has 1 amide bonds. The van der Waals surface area contributed by atoms with Crippen molar-refractivity contribution in [3.63, 3.8) is 0 Å². The Labute approximate surface area is 145 Å². The fraction of sp³-hybridized carbons (Fsp3) is 0.789. The van der Waals surface area contributed by atoms with Crippen LogP contribution >= 0.6 is 0 Å². The Hall–Kier alpha value is -1.36. The van der Waals surface area contributed by atoms with Crippen LogP contribution < -0.4 is 0 Å². The number of hydrogen-bond acceptors (Lipinski definition) is 3. The van der Waals surface area contributed by atoms with Gasteiger partial charge in [0.25, 0.3) is 0 Å². The minimum atomic E-state index is -0.813. The summed E-state index contributed by atoms with van der Waals surface area (Å²) in [5.41, 5.74) is 0. The van der Waals surface area contributed by atoms with Gasteiger partial charge in [-0.15, -0.1) is 6.58 Å². The van der Waals surface area contributed by atoms with Gasteiger partial charge in [-0.3, -0.25) is 9.59 Å². The predicted octanol–water partition coefficient (Wildman–Crippen LogP) is 3.24. The number of nitrogens with zero attached hydrogens (tertiary/aromatic N) is 1.